The second-order valence-electron chi connectivity index (χ2n) is 4.93. The molecule has 0 aromatic carbocycles. The Morgan fingerprint density at radius 1 is 1.29 bits per heavy atom. The molecular weight excluding hydrogens is 178 g/mol. The summed E-state index contributed by atoms with van der Waals surface area (Å²) in [6.07, 6.45) is 1.11. The Labute approximate surface area is 88.5 Å². The smallest absolute Gasteiger partial charge is 0.134 e. The number of methoxy groups -OCH3 is 1. The summed E-state index contributed by atoms with van der Waals surface area (Å²) in [5, 5.41) is 0. The first kappa shape index (κ1) is 13.9. The summed E-state index contributed by atoms with van der Waals surface area (Å²) in [4.78, 5) is 5.85. The molecule has 0 amide bonds. The molecule has 0 saturated carbocycles. The molecule has 14 heavy (non-hydrogen) atoms. The van der Waals surface area contributed by atoms with Crippen molar-refractivity contribution in [2.45, 2.75) is 45.8 Å². The van der Waals surface area contributed by atoms with E-state index < -0.39 is 0 Å². The van der Waals surface area contributed by atoms with Crippen LogP contribution in [0.3, 0.4) is 0 Å². The number of ether oxygens (including phenoxy) is 1. The highest BCUT2D eigenvalue weighted by atomic mass is 16.7. The van der Waals surface area contributed by atoms with E-state index in [4.69, 9.17) is 9.57 Å². The minimum absolute atomic E-state index is 0.205. The molecule has 0 N–H and O–H groups in total. The van der Waals surface area contributed by atoms with E-state index in [2.05, 4.69) is 27.9 Å². The Balaban J connectivity index is 4.11. The summed E-state index contributed by atoms with van der Waals surface area (Å²) in [7, 11) is 5.88. The Hall–Kier alpha value is -0.120. The fourth-order valence-electron chi connectivity index (χ4n) is 0.948. The molecule has 3 nitrogen and oxygen atoms in total. The van der Waals surface area contributed by atoms with Gasteiger partial charge in [-0.15, -0.1) is 0 Å². The average molecular weight is 204 g/mol. The van der Waals surface area contributed by atoms with Crippen LogP contribution < -0.4 is 0 Å². The van der Waals surface area contributed by atoms with Gasteiger partial charge in [0.15, 0.2) is 0 Å². The summed E-state index contributed by atoms with van der Waals surface area (Å²) >= 11 is 0. The number of nitrogens with zero attached hydrogens (tertiary/aromatic N) is 1. The molecule has 0 saturated heterocycles. The van der Waals surface area contributed by atoms with Gasteiger partial charge in [0.05, 0.1) is 19.7 Å². The van der Waals surface area contributed by atoms with Gasteiger partial charge < -0.3 is 4.74 Å². The van der Waals surface area contributed by atoms with Crippen LogP contribution in [0, 0.1) is 0 Å². The molecule has 0 spiro atoms. The van der Waals surface area contributed by atoms with Crippen molar-refractivity contribution in [3.8, 4) is 0 Å². The molecule has 0 aliphatic rings. The van der Waals surface area contributed by atoms with Gasteiger partial charge in [-0.25, -0.2) is 4.84 Å². The second-order valence-corrected chi connectivity index (χ2v) is 4.93. The van der Waals surface area contributed by atoms with Crippen LogP contribution in [-0.4, -0.2) is 44.1 Å². The van der Waals surface area contributed by atoms with E-state index in [9.17, 15) is 0 Å². The lowest BCUT2D eigenvalue weighted by molar-refractivity contribution is -1.09. The maximum atomic E-state index is 5.85. The van der Waals surface area contributed by atoms with E-state index in [1.54, 1.807) is 7.11 Å². The van der Waals surface area contributed by atoms with E-state index in [0.717, 1.165) is 6.42 Å². The molecule has 86 valence electrons. The maximum Gasteiger partial charge on any atom is 0.134 e. The molecule has 0 radical (unpaired) electrons. The molecule has 0 heterocycles. The third kappa shape index (κ3) is 4.40. The van der Waals surface area contributed by atoms with Crippen LogP contribution in [0.1, 0.15) is 34.1 Å². The maximum absolute atomic E-state index is 5.85. The number of hydroxylamine groups is 3. The molecule has 1 atom stereocenters. The molecule has 0 aliphatic carbocycles. The lowest BCUT2D eigenvalue weighted by Crippen LogP contribution is -2.49. The van der Waals surface area contributed by atoms with Crippen molar-refractivity contribution < 1.29 is 14.2 Å². The highest BCUT2D eigenvalue weighted by Gasteiger charge is 2.28. The highest BCUT2D eigenvalue weighted by molar-refractivity contribution is 4.64. The van der Waals surface area contributed by atoms with Crippen molar-refractivity contribution in [2.75, 3.05) is 27.8 Å². The average Bonchev–Trinajstić information content (AvgIpc) is 2.14. The van der Waals surface area contributed by atoms with Crippen LogP contribution in [0.25, 0.3) is 0 Å². The standard InChI is InChI=1S/C11H26NO2/c1-8-10(2)12(5,6)14-9-11(3,4)13-7/h10H,8-9H2,1-7H3/q+1. The van der Waals surface area contributed by atoms with Gasteiger partial charge in [0.1, 0.15) is 12.6 Å². The molecule has 3 heteroatoms. The van der Waals surface area contributed by atoms with Crippen LogP contribution in [0.4, 0.5) is 0 Å². The zero-order valence-corrected chi connectivity index (χ0v) is 10.8. The lowest BCUT2D eigenvalue weighted by Gasteiger charge is -2.35. The Morgan fingerprint density at radius 3 is 2.14 bits per heavy atom. The number of hydrogen-bond acceptors (Lipinski definition) is 2. The normalized spacial score (nSPS) is 15.6. The van der Waals surface area contributed by atoms with Crippen LogP contribution in [0.2, 0.25) is 0 Å². The lowest BCUT2D eigenvalue weighted by atomic mass is 10.1. The van der Waals surface area contributed by atoms with Crippen LogP contribution in [0.15, 0.2) is 0 Å². The third-order valence-electron chi connectivity index (χ3n) is 2.95. The monoisotopic (exact) mass is 204 g/mol. The quantitative estimate of drug-likeness (QED) is 0.488. The van der Waals surface area contributed by atoms with Gasteiger partial charge in [-0.2, -0.15) is 4.65 Å². The SMILES string of the molecule is CCC(C)[N+](C)(C)OCC(C)(C)OC. The number of rotatable bonds is 6. The zero-order chi connectivity index (χ0) is 11.4. The minimum atomic E-state index is -0.205. The second kappa shape index (κ2) is 5.10. The third-order valence-corrected chi connectivity index (χ3v) is 2.95. The van der Waals surface area contributed by atoms with Gasteiger partial charge in [-0.05, 0) is 27.2 Å². The van der Waals surface area contributed by atoms with Crippen LogP contribution in [0.5, 0.6) is 0 Å². The minimum Gasteiger partial charge on any atom is -0.376 e. The predicted molar refractivity (Wildman–Crippen MR) is 58.9 cm³/mol. The molecular formula is C11H26NO2+. The fraction of sp³-hybridized carbons (Fsp3) is 1.00. The number of hydrogen-bond donors (Lipinski definition) is 0. The fourth-order valence-corrected chi connectivity index (χ4v) is 0.948. The first-order valence-electron chi connectivity index (χ1n) is 5.28. The summed E-state index contributed by atoms with van der Waals surface area (Å²) in [6, 6.07) is 0.502. The van der Waals surface area contributed by atoms with E-state index in [1.807, 2.05) is 13.8 Å². The van der Waals surface area contributed by atoms with Crippen LogP contribution in [-0.2, 0) is 9.57 Å². The molecule has 0 rings (SSSR count). The van der Waals surface area contributed by atoms with Crippen molar-refractivity contribution in [1.29, 1.82) is 0 Å². The van der Waals surface area contributed by atoms with E-state index in [-0.39, 0.29) is 5.60 Å². The van der Waals surface area contributed by atoms with Crippen molar-refractivity contribution in [3.05, 3.63) is 0 Å². The Morgan fingerprint density at radius 2 is 1.79 bits per heavy atom. The molecule has 0 fully saturated rings. The Kier molecular flexibility index (Phi) is 5.06. The van der Waals surface area contributed by atoms with E-state index in [0.29, 0.717) is 17.3 Å². The van der Waals surface area contributed by atoms with E-state index in [1.165, 1.54) is 0 Å². The summed E-state index contributed by atoms with van der Waals surface area (Å²) in [5.41, 5.74) is -0.205. The molecule has 0 bridgehead atoms. The van der Waals surface area contributed by atoms with E-state index >= 15 is 0 Å². The predicted octanol–water partition coefficient (Wildman–Crippen LogP) is 2.22. The topological polar surface area (TPSA) is 18.5 Å². The van der Waals surface area contributed by atoms with Crippen LogP contribution >= 0.6 is 0 Å². The summed E-state index contributed by atoms with van der Waals surface area (Å²) in [6.45, 7) is 9.04. The van der Waals surface area contributed by atoms with Gasteiger partial charge in [-0.1, -0.05) is 6.92 Å². The van der Waals surface area contributed by atoms with Crippen molar-refractivity contribution in [2.24, 2.45) is 0 Å². The van der Waals surface area contributed by atoms with Crippen molar-refractivity contribution in [1.82, 2.24) is 0 Å². The molecule has 1 unspecified atom stereocenters. The van der Waals surface area contributed by atoms with Gasteiger partial charge in [0.25, 0.3) is 0 Å². The highest BCUT2D eigenvalue weighted by Crippen LogP contribution is 2.15. The van der Waals surface area contributed by atoms with Gasteiger partial charge in [0, 0.05) is 7.11 Å². The summed E-state index contributed by atoms with van der Waals surface area (Å²) < 4.78 is 5.90. The first-order chi connectivity index (χ1) is 6.25. The molecule has 0 aromatic heterocycles. The van der Waals surface area contributed by atoms with Crippen molar-refractivity contribution >= 4 is 0 Å². The van der Waals surface area contributed by atoms with Crippen molar-refractivity contribution in [3.63, 3.8) is 0 Å². The molecule has 0 aromatic rings. The van der Waals surface area contributed by atoms with Gasteiger partial charge in [-0.3, -0.25) is 0 Å². The van der Waals surface area contributed by atoms with Gasteiger partial charge >= 0.3 is 0 Å². The van der Waals surface area contributed by atoms with Gasteiger partial charge in [0.2, 0.25) is 0 Å². The Bertz CT molecular complexity index is 167. The largest absolute Gasteiger partial charge is 0.376 e. The summed E-state index contributed by atoms with van der Waals surface area (Å²) in [5.74, 6) is 0. The zero-order valence-electron chi connectivity index (χ0n) is 10.8. The molecule has 0 aliphatic heterocycles. The first-order valence-corrected chi connectivity index (χ1v) is 5.28. The number of quaternary nitrogens is 1.